The number of pyridine rings is 1. The van der Waals surface area contributed by atoms with Gasteiger partial charge >= 0.3 is 0 Å². The van der Waals surface area contributed by atoms with Crippen LogP contribution in [-0.2, 0) is 0 Å². The van der Waals surface area contributed by atoms with E-state index in [1.807, 2.05) is 6.07 Å². The van der Waals surface area contributed by atoms with E-state index in [0.717, 1.165) is 24.6 Å². The molecule has 0 unspecified atom stereocenters. The molecule has 86 valence electrons. The summed E-state index contributed by atoms with van der Waals surface area (Å²) in [7, 11) is 1.67. The van der Waals surface area contributed by atoms with Gasteiger partial charge in [0.25, 0.3) is 0 Å². The summed E-state index contributed by atoms with van der Waals surface area (Å²) in [5.74, 6) is 1.77. The van der Waals surface area contributed by atoms with Gasteiger partial charge in [0.2, 0.25) is 5.88 Å². The molecule has 2 aliphatic rings. The molecule has 1 aromatic heterocycles. The number of hydrogen-bond acceptors (Lipinski definition) is 4. The molecule has 4 heteroatoms. The molecule has 1 aromatic rings. The predicted octanol–water partition coefficient (Wildman–Crippen LogP) is 1.87. The second kappa shape index (κ2) is 3.85. The monoisotopic (exact) mass is 219 g/mol. The Kier molecular flexibility index (Phi) is 2.35. The third-order valence-corrected chi connectivity index (χ3v) is 3.21. The molecule has 0 saturated heterocycles. The average Bonchev–Trinajstić information content (AvgIpc) is 3.13. The number of hydrogen-bond donors (Lipinski definition) is 1. The van der Waals surface area contributed by atoms with Crippen molar-refractivity contribution in [3.63, 3.8) is 0 Å². The van der Waals surface area contributed by atoms with E-state index in [1.54, 1.807) is 7.11 Å². The van der Waals surface area contributed by atoms with Gasteiger partial charge < -0.3 is 15.0 Å². The van der Waals surface area contributed by atoms with Gasteiger partial charge in [0.1, 0.15) is 0 Å². The summed E-state index contributed by atoms with van der Waals surface area (Å²) in [6.07, 6.45) is 3.78. The summed E-state index contributed by atoms with van der Waals surface area (Å²) in [4.78, 5) is 7.00. The quantitative estimate of drug-likeness (QED) is 0.824. The first kappa shape index (κ1) is 9.75. The van der Waals surface area contributed by atoms with Crippen LogP contribution in [0.2, 0.25) is 0 Å². The minimum Gasteiger partial charge on any atom is -0.481 e. The van der Waals surface area contributed by atoms with E-state index in [1.165, 1.54) is 19.3 Å². The molecule has 16 heavy (non-hydrogen) atoms. The summed E-state index contributed by atoms with van der Waals surface area (Å²) < 4.78 is 5.20. The molecule has 0 radical (unpaired) electrons. The molecular formula is C12H17N3O. The Morgan fingerprint density at radius 3 is 3.06 bits per heavy atom. The van der Waals surface area contributed by atoms with Crippen molar-refractivity contribution in [2.24, 2.45) is 0 Å². The molecular weight excluding hydrogens is 202 g/mol. The van der Waals surface area contributed by atoms with Gasteiger partial charge in [0.05, 0.1) is 12.8 Å². The summed E-state index contributed by atoms with van der Waals surface area (Å²) in [5, 5.41) is 3.43. The van der Waals surface area contributed by atoms with Gasteiger partial charge in [0.15, 0.2) is 5.82 Å². The van der Waals surface area contributed by atoms with Crippen molar-refractivity contribution < 1.29 is 4.74 Å². The fourth-order valence-electron chi connectivity index (χ4n) is 2.22. The Bertz CT molecular complexity index is 390. The lowest BCUT2D eigenvalue weighted by molar-refractivity contribution is 0.398. The van der Waals surface area contributed by atoms with E-state index in [9.17, 15) is 0 Å². The van der Waals surface area contributed by atoms with Crippen molar-refractivity contribution in [3.8, 4) is 5.88 Å². The first-order valence-corrected chi connectivity index (χ1v) is 5.94. The van der Waals surface area contributed by atoms with Gasteiger partial charge in [-0.1, -0.05) is 0 Å². The Balaban J connectivity index is 1.99. The van der Waals surface area contributed by atoms with Gasteiger partial charge in [-0.3, -0.25) is 0 Å². The van der Waals surface area contributed by atoms with Crippen LogP contribution in [0.5, 0.6) is 5.88 Å². The van der Waals surface area contributed by atoms with Crippen LogP contribution in [0.1, 0.15) is 19.3 Å². The van der Waals surface area contributed by atoms with E-state index < -0.39 is 0 Å². The topological polar surface area (TPSA) is 37.4 Å². The van der Waals surface area contributed by atoms with Crippen molar-refractivity contribution in [2.45, 2.75) is 25.3 Å². The Morgan fingerprint density at radius 1 is 1.44 bits per heavy atom. The smallest absolute Gasteiger partial charge is 0.215 e. The van der Waals surface area contributed by atoms with Gasteiger partial charge in [-0.05, 0) is 25.3 Å². The molecule has 0 bridgehead atoms. The van der Waals surface area contributed by atoms with Crippen LogP contribution in [0.3, 0.4) is 0 Å². The molecule has 1 aliphatic carbocycles. The maximum atomic E-state index is 5.20. The van der Waals surface area contributed by atoms with Crippen LogP contribution in [0.4, 0.5) is 11.5 Å². The number of fused-ring (bicyclic) bond motifs is 1. The Hall–Kier alpha value is -1.45. The number of nitrogens with one attached hydrogen (secondary N) is 1. The Morgan fingerprint density at radius 2 is 2.31 bits per heavy atom. The molecule has 1 fully saturated rings. The highest BCUT2D eigenvalue weighted by atomic mass is 16.5. The molecule has 3 rings (SSSR count). The highest BCUT2D eigenvalue weighted by Gasteiger charge is 2.32. The normalized spacial score (nSPS) is 19.7. The summed E-state index contributed by atoms with van der Waals surface area (Å²) in [6, 6.07) is 4.70. The third-order valence-electron chi connectivity index (χ3n) is 3.21. The van der Waals surface area contributed by atoms with Crippen LogP contribution in [0.25, 0.3) is 0 Å². The first-order chi connectivity index (χ1) is 7.88. The van der Waals surface area contributed by atoms with Crippen molar-refractivity contribution >= 4 is 11.5 Å². The molecule has 1 N–H and O–H groups in total. The fraction of sp³-hybridized carbons (Fsp3) is 0.583. The second-order valence-electron chi connectivity index (χ2n) is 4.43. The third kappa shape index (κ3) is 1.68. The van der Waals surface area contributed by atoms with Gasteiger partial charge in [-0.25, -0.2) is 0 Å². The molecule has 0 spiro atoms. The zero-order valence-corrected chi connectivity index (χ0v) is 9.57. The maximum Gasteiger partial charge on any atom is 0.215 e. The van der Waals surface area contributed by atoms with Crippen LogP contribution in [0.15, 0.2) is 12.1 Å². The number of nitrogens with zero attached hydrogens (tertiary/aromatic N) is 2. The van der Waals surface area contributed by atoms with E-state index in [4.69, 9.17) is 4.74 Å². The van der Waals surface area contributed by atoms with Crippen molar-refractivity contribution in [1.82, 2.24) is 4.98 Å². The molecule has 2 heterocycles. The highest BCUT2D eigenvalue weighted by molar-refractivity contribution is 5.68. The number of rotatable bonds is 2. The summed E-state index contributed by atoms with van der Waals surface area (Å²) >= 11 is 0. The minimum atomic E-state index is 0.702. The van der Waals surface area contributed by atoms with E-state index >= 15 is 0 Å². The summed E-state index contributed by atoms with van der Waals surface area (Å²) in [5.41, 5.74) is 1.14. The highest BCUT2D eigenvalue weighted by Crippen LogP contribution is 2.36. The van der Waals surface area contributed by atoms with Crippen LogP contribution in [-0.4, -0.2) is 31.2 Å². The number of anilines is 2. The fourth-order valence-corrected chi connectivity index (χ4v) is 2.22. The standard InChI is InChI=1S/C12H17N3O/c1-16-11-6-5-10-12(14-11)15(9-3-4-9)8-2-7-13-10/h5-6,9,13H,2-4,7-8H2,1H3. The lowest BCUT2D eigenvalue weighted by Crippen LogP contribution is -2.27. The van der Waals surface area contributed by atoms with E-state index in [0.29, 0.717) is 11.9 Å². The molecule has 0 amide bonds. The largest absolute Gasteiger partial charge is 0.481 e. The van der Waals surface area contributed by atoms with Crippen LogP contribution < -0.4 is 15.0 Å². The van der Waals surface area contributed by atoms with Gasteiger partial charge in [-0.2, -0.15) is 4.98 Å². The molecule has 1 aliphatic heterocycles. The second-order valence-corrected chi connectivity index (χ2v) is 4.43. The van der Waals surface area contributed by atoms with Crippen molar-refractivity contribution in [2.75, 3.05) is 30.4 Å². The lowest BCUT2D eigenvalue weighted by Gasteiger charge is -2.23. The number of ether oxygens (including phenoxy) is 1. The Labute approximate surface area is 95.6 Å². The zero-order chi connectivity index (χ0) is 11.0. The SMILES string of the molecule is COc1ccc2c(n1)N(C1CC1)CCCN2. The van der Waals surface area contributed by atoms with Crippen molar-refractivity contribution in [3.05, 3.63) is 12.1 Å². The first-order valence-electron chi connectivity index (χ1n) is 5.94. The van der Waals surface area contributed by atoms with Crippen molar-refractivity contribution in [1.29, 1.82) is 0 Å². The van der Waals surface area contributed by atoms with Crippen LogP contribution in [0, 0.1) is 0 Å². The van der Waals surface area contributed by atoms with E-state index in [-0.39, 0.29) is 0 Å². The van der Waals surface area contributed by atoms with Crippen LogP contribution >= 0.6 is 0 Å². The molecule has 0 aromatic carbocycles. The predicted molar refractivity (Wildman–Crippen MR) is 64.3 cm³/mol. The molecule has 4 nitrogen and oxygen atoms in total. The van der Waals surface area contributed by atoms with Gasteiger partial charge in [-0.15, -0.1) is 0 Å². The molecule has 0 atom stereocenters. The summed E-state index contributed by atoms with van der Waals surface area (Å²) in [6.45, 7) is 2.13. The number of aromatic nitrogens is 1. The maximum absolute atomic E-state index is 5.20. The van der Waals surface area contributed by atoms with E-state index in [2.05, 4.69) is 21.3 Å². The average molecular weight is 219 g/mol. The minimum absolute atomic E-state index is 0.702. The number of methoxy groups -OCH3 is 1. The molecule has 1 saturated carbocycles. The zero-order valence-electron chi connectivity index (χ0n) is 9.57. The lowest BCUT2D eigenvalue weighted by atomic mass is 10.3. The van der Waals surface area contributed by atoms with Gasteiger partial charge in [0, 0.05) is 25.2 Å².